The van der Waals surface area contributed by atoms with Crippen LogP contribution in [0.4, 0.5) is 0 Å². The van der Waals surface area contributed by atoms with Gasteiger partial charge in [-0.3, -0.25) is 9.59 Å². The molecule has 0 saturated heterocycles. The highest BCUT2D eigenvalue weighted by Gasteiger charge is 2.16. The molecule has 1 saturated carbocycles. The molecule has 152 valence electrons. The number of rotatable bonds is 7. The fourth-order valence-corrected chi connectivity index (χ4v) is 3.53. The van der Waals surface area contributed by atoms with E-state index >= 15 is 0 Å². The third-order valence-electron chi connectivity index (χ3n) is 5.21. The number of methoxy groups -OCH3 is 2. The molecule has 29 heavy (non-hydrogen) atoms. The number of amides is 1. The first-order valence-electron chi connectivity index (χ1n) is 9.96. The zero-order valence-electron chi connectivity index (χ0n) is 16.9. The first kappa shape index (κ1) is 20.6. The Morgan fingerprint density at radius 1 is 0.966 bits per heavy atom. The summed E-state index contributed by atoms with van der Waals surface area (Å²) in [5.74, 6) is 0.871. The van der Waals surface area contributed by atoms with Crippen LogP contribution in [0.25, 0.3) is 6.08 Å². The Labute approximate surface area is 171 Å². The summed E-state index contributed by atoms with van der Waals surface area (Å²) in [6.07, 6.45) is 8.96. The van der Waals surface area contributed by atoms with E-state index in [2.05, 4.69) is 5.32 Å². The summed E-state index contributed by atoms with van der Waals surface area (Å²) in [5.41, 5.74) is 1.91. The summed E-state index contributed by atoms with van der Waals surface area (Å²) in [6.45, 7) is 0. The molecule has 2 aromatic rings. The third kappa shape index (κ3) is 5.47. The lowest BCUT2D eigenvalue weighted by Gasteiger charge is -2.22. The maximum Gasteiger partial charge on any atom is 0.251 e. The molecular formula is C24H27NO4. The molecule has 0 bridgehead atoms. The fraction of sp³-hybridized carbons (Fsp3) is 0.333. The average molecular weight is 393 g/mol. The van der Waals surface area contributed by atoms with Gasteiger partial charge in [-0.15, -0.1) is 0 Å². The summed E-state index contributed by atoms with van der Waals surface area (Å²) >= 11 is 0. The number of ether oxygens (including phenoxy) is 2. The predicted molar refractivity (Wildman–Crippen MR) is 114 cm³/mol. The molecule has 0 heterocycles. The van der Waals surface area contributed by atoms with Crippen molar-refractivity contribution >= 4 is 17.8 Å². The van der Waals surface area contributed by atoms with Crippen molar-refractivity contribution in [1.82, 2.24) is 5.32 Å². The average Bonchev–Trinajstić information content (AvgIpc) is 2.78. The standard InChI is InChI=1S/C24H27NO4/c1-28-20-13-15-23(29-2)21(16-20)22(26)14-10-17-8-11-18(12-9-17)24(27)25-19-6-4-3-5-7-19/h8-16,19H,3-7H2,1-2H3,(H,25,27)/b14-10+. The van der Waals surface area contributed by atoms with Gasteiger partial charge in [0.15, 0.2) is 5.78 Å². The molecule has 5 nitrogen and oxygen atoms in total. The minimum atomic E-state index is -0.181. The van der Waals surface area contributed by atoms with Crippen LogP contribution in [0.15, 0.2) is 48.5 Å². The zero-order valence-corrected chi connectivity index (χ0v) is 16.9. The Hall–Kier alpha value is -3.08. The summed E-state index contributed by atoms with van der Waals surface area (Å²) in [4.78, 5) is 25.0. The molecular weight excluding hydrogens is 366 g/mol. The van der Waals surface area contributed by atoms with Crippen molar-refractivity contribution in [3.63, 3.8) is 0 Å². The molecule has 1 amide bonds. The van der Waals surface area contributed by atoms with Crippen LogP contribution in [0.2, 0.25) is 0 Å². The Bertz CT molecular complexity index is 880. The van der Waals surface area contributed by atoms with Crippen LogP contribution in [0.1, 0.15) is 58.4 Å². The third-order valence-corrected chi connectivity index (χ3v) is 5.21. The molecule has 1 N–H and O–H groups in total. The fourth-order valence-electron chi connectivity index (χ4n) is 3.53. The number of ketones is 1. The van der Waals surface area contributed by atoms with Crippen molar-refractivity contribution in [2.24, 2.45) is 0 Å². The Morgan fingerprint density at radius 3 is 2.34 bits per heavy atom. The van der Waals surface area contributed by atoms with Crippen LogP contribution in [0, 0.1) is 0 Å². The highest BCUT2D eigenvalue weighted by atomic mass is 16.5. The maximum atomic E-state index is 12.6. The second-order valence-electron chi connectivity index (χ2n) is 7.19. The van der Waals surface area contributed by atoms with E-state index in [4.69, 9.17) is 9.47 Å². The summed E-state index contributed by atoms with van der Waals surface area (Å²) in [5, 5.41) is 3.11. The van der Waals surface area contributed by atoms with Crippen LogP contribution < -0.4 is 14.8 Å². The molecule has 0 aromatic heterocycles. The van der Waals surface area contributed by atoms with Gasteiger partial charge in [-0.2, -0.15) is 0 Å². The van der Waals surface area contributed by atoms with Gasteiger partial charge in [-0.05, 0) is 54.8 Å². The van der Waals surface area contributed by atoms with Crippen molar-refractivity contribution in [3.8, 4) is 11.5 Å². The molecule has 0 aliphatic heterocycles. The summed E-state index contributed by atoms with van der Waals surface area (Å²) in [6, 6.07) is 12.6. The molecule has 1 aliphatic carbocycles. The van der Waals surface area contributed by atoms with E-state index in [1.165, 1.54) is 32.4 Å². The van der Waals surface area contributed by atoms with Crippen LogP contribution >= 0.6 is 0 Å². The molecule has 3 rings (SSSR count). The topological polar surface area (TPSA) is 64.6 Å². The number of carbonyl (C=O) groups is 2. The molecule has 1 fully saturated rings. The highest BCUT2D eigenvalue weighted by molar-refractivity contribution is 6.09. The number of hydrogen-bond acceptors (Lipinski definition) is 4. The molecule has 0 spiro atoms. The minimum absolute atomic E-state index is 0.0374. The summed E-state index contributed by atoms with van der Waals surface area (Å²) < 4.78 is 10.5. The van der Waals surface area contributed by atoms with Crippen LogP contribution in [-0.2, 0) is 0 Å². The molecule has 1 aliphatic rings. The van der Waals surface area contributed by atoms with Crippen molar-refractivity contribution in [2.75, 3.05) is 14.2 Å². The van der Waals surface area contributed by atoms with Crippen LogP contribution in [-0.4, -0.2) is 32.0 Å². The van der Waals surface area contributed by atoms with Crippen molar-refractivity contribution in [3.05, 3.63) is 65.2 Å². The number of allylic oxidation sites excluding steroid dienone is 1. The lowest BCUT2D eigenvalue weighted by Crippen LogP contribution is -2.36. The second-order valence-corrected chi connectivity index (χ2v) is 7.19. The van der Waals surface area contributed by atoms with E-state index in [1.807, 2.05) is 12.1 Å². The van der Waals surface area contributed by atoms with Gasteiger partial charge >= 0.3 is 0 Å². The lowest BCUT2D eigenvalue weighted by atomic mass is 9.95. The van der Waals surface area contributed by atoms with Gasteiger partial charge < -0.3 is 14.8 Å². The van der Waals surface area contributed by atoms with Gasteiger partial charge in [0, 0.05) is 11.6 Å². The first-order valence-corrected chi connectivity index (χ1v) is 9.96. The van der Waals surface area contributed by atoms with E-state index < -0.39 is 0 Å². The smallest absolute Gasteiger partial charge is 0.251 e. The Morgan fingerprint density at radius 2 is 1.69 bits per heavy atom. The van der Waals surface area contributed by atoms with Crippen molar-refractivity contribution < 1.29 is 19.1 Å². The van der Waals surface area contributed by atoms with Gasteiger partial charge in [0.1, 0.15) is 11.5 Å². The number of hydrogen-bond donors (Lipinski definition) is 1. The molecule has 0 unspecified atom stereocenters. The van der Waals surface area contributed by atoms with Gasteiger partial charge in [-0.1, -0.05) is 37.5 Å². The van der Waals surface area contributed by atoms with Gasteiger partial charge in [0.05, 0.1) is 19.8 Å². The quantitative estimate of drug-likeness (QED) is 0.549. The Balaban J connectivity index is 1.65. The predicted octanol–water partition coefficient (Wildman–Crippen LogP) is 4.66. The van der Waals surface area contributed by atoms with Crippen molar-refractivity contribution in [1.29, 1.82) is 0 Å². The minimum Gasteiger partial charge on any atom is -0.497 e. The van der Waals surface area contributed by atoms with E-state index in [0.29, 0.717) is 22.6 Å². The van der Waals surface area contributed by atoms with Gasteiger partial charge in [0.2, 0.25) is 0 Å². The van der Waals surface area contributed by atoms with Crippen LogP contribution in [0.5, 0.6) is 11.5 Å². The second kappa shape index (κ2) is 9.92. The van der Waals surface area contributed by atoms with E-state index in [1.54, 1.807) is 43.5 Å². The molecule has 0 radical (unpaired) electrons. The summed E-state index contributed by atoms with van der Waals surface area (Å²) in [7, 11) is 3.08. The molecule has 5 heteroatoms. The number of nitrogens with one attached hydrogen (secondary N) is 1. The maximum absolute atomic E-state index is 12.6. The van der Waals surface area contributed by atoms with Gasteiger partial charge in [0.25, 0.3) is 5.91 Å². The number of benzene rings is 2. The molecule has 0 atom stereocenters. The monoisotopic (exact) mass is 393 g/mol. The Kier molecular flexibility index (Phi) is 7.06. The van der Waals surface area contributed by atoms with Crippen molar-refractivity contribution in [2.45, 2.75) is 38.1 Å². The number of carbonyl (C=O) groups excluding carboxylic acids is 2. The largest absolute Gasteiger partial charge is 0.497 e. The first-order chi connectivity index (χ1) is 14.1. The van der Waals surface area contributed by atoms with Crippen LogP contribution in [0.3, 0.4) is 0 Å². The van der Waals surface area contributed by atoms with E-state index in [-0.39, 0.29) is 17.7 Å². The normalized spacial score (nSPS) is 14.6. The van der Waals surface area contributed by atoms with E-state index in [0.717, 1.165) is 18.4 Å². The highest BCUT2D eigenvalue weighted by Crippen LogP contribution is 2.25. The zero-order chi connectivity index (χ0) is 20.6. The van der Waals surface area contributed by atoms with Gasteiger partial charge in [-0.25, -0.2) is 0 Å². The molecule has 2 aromatic carbocycles. The van der Waals surface area contributed by atoms with E-state index in [9.17, 15) is 9.59 Å². The lowest BCUT2D eigenvalue weighted by molar-refractivity contribution is 0.0927. The SMILES string of the molecule is COc1ccc(OC)c(C(=O)/C=C/c2ccc(C(=O)NC3CCCCC3)cc2)c1.